The molecule has 9 heteroatoms. The van der Waals surface area contributed by atoms with Crippen molar-refractivity contribution in [1.82, 2.24) is 4.72 Å². The van der Waals surface area contributed by atoms with Gasteiger partial charge in [0.1, 0.15) is 0 Å². The van der Waals surface area contributed by atoms with Crippen LogP contribution in [0.4, 0.5) is 18.9 Å². The quantitative estimate of drug-likeness (QED) is 0.726. The number of nitrogens with one attached hydrogen (secondary N) is 1. The van der Waals surface area contributed by atoms with E-state index in [0.717, 1.165) is 0 Å². The van der Waals surface area contributed by atoms with Crippen LogP contribution in [0.25, 0.3) is 0 Å². The third-order valence-electron chi connectivity index (χ3n) is 2.68. The molecule has 0 saturated carbocycles. The van der Waals surface area contributed by atoms with Gasteiger partial charge in [0.2, 0.25) is 10.0 Å². The van der Waals surface area contributed by atoms with Crippen LogP contribution < -0.4 is 10.5 Å². The van der Waals surface area contributed by atoms with Crippen molar-refractivity contribution in [2.75, 3.05) is 12.3 Å². The molecule has 1 unspecified atom stereocenters. The van der Waals surface area contributed by atoms with E-state index in [1.54, 1.807) is 17.7 Å². The van der Waals surface area contributed by atoms with E-state index in [1.165, 1.54) is 13.0 Å². The van der Waals surface area contributed by atoms with Crippen LogP contribution in [-0.4, -0.2) is 32.3 Å². The average Bonchev–Trinajstić information content (AvgIpc) is 2.29. The first-order chi connectivity index (χ1) is 8.95. The summed E-state index contributed by atoms with van der Waals surface area (Å²) in [7, 11) is -4.18. The Morgan fingerprint density at radius 2 is 1.90 bits per heavy atom. The van der Waals surface area contributed by atoms with Gasteiger partial charge in [0, 0.05) is 12.2 Å². The van der Waals surface area contributed by atoms with E-state index in [9.17, 15) is 21.6 Å². The molecule has 0 spiro atoms. The zero-order valence-electron chi connectivity index (χ0n) is 10.8. The number of hydrogen-bond donors (Lipinski definition) is 3. The molecule has 1 atom stereocenters. The second-order valence-corrected chi connectivity index (χ2v) is 6.12. The van der Waals surface area contributed by atoms with Crippen LogP contribution in [0, 0.1) is 13.8 Å². The Bertz CT molecular complexity index is 600. The predicted molar refractivity (Wildman–Crippen MR) is 67.6 cm³/mol. The molecule has 0 aliphatic rings. The van der Waals surface area contributed by atoms with E-state index in [2.05, 4.69) is 0 Å². The van der Waals surface area contributed by atoms with Crippen molar-refractivity contribution in [3.8, 4) is 0 Å². The first kappa shape index (κ1) is 16.7. The van der Waals surface area contributed by atoms with Crippen molar-refractivity contribution < 1.29 is 26.7 Å². The number of rotatable bonds is 4. The molecular formula is C11H15F3N2O3S. The largest absolute Gasteiger partial charge is 0.415 e. The Hall–Kier alpha value is -1.32. The fraction of sp³-hybridized carbons (Fsp3) is 0.455. The van der Waals surface area contributed by atoms with Crippen molar-refractivity contribution in [1.29, 1.82) is 0 Å². The van der Waals surface area contributed by atoms with Crippen LogP contribution in [0.3, 0.4) is 0 Å². The highest BCUT2D eigenvalue weighted by Gasteiger charge is 2.38. The molecule has 5 nitrogen and oxygen atoms in total. The second-order valence-electron chi connectivity index (χ2n) is 4.39. The van der Waals surface area contributed by atoms with Crippen LogP contribution >= 0.6 is 0 Å². The van der Waals surface area contributed by atoms with Gasteiger partial charge in [-0.15, -0.1) is 0 Å². The van der Waals surface area contributed by atoms with Crippen LogP contribution in [0.5, 0.6) is 0 Å². The van der Waals surface area contributed by atoms with Gasteiger partial charge in [-0.05, 0) is 37.1 Å². The minimum atomic E-state index is -4.89. The van der Waals surface area contributed by atoms with Gasteiger partial charge in [-0.3, -0.25) is 0 Å². The summed E-state index contributed by atoms with van der Waals surface area (Å²) in [5.41, 5.74) is 6.65. The van der Waals surface area contributed by atoms with Crippen molar-refractivity contribution in [2.24, 2.45) is 0 Å². The maximum absolute atomic E-state index is 12.1. The lowest BCUT2D eigenvalue weighted by molar-refractivity contribution is -0.200. The molecule has 1 aromatic rings. The average molecular weight is 312 g/mol. The third kappa shape index (κ3) is 3.84. The van der Waals surface area contributed by atoms with Crippen molar-refractivity contribution in [3.05, 3.63) is 23.3 Å². The zero-order valence-corrected chi connectivity index (χ0v) is 11.6. The molecule has 0 aromatic heterocycles. The van der Waals surface area contributed by atoms with Crippen molar-refractivity contribution in [3.63, 3.8) is 0 Å². The topological polar surface area (TPSA) is 92.4 Å². The molecule has 0 aliphatic carbocycles. The number of sulfonamides is 1. The molecule has 114 valence electrons. The number of nitrogens with two attached hydrogens (primary N) is 1. The number of aliphatic hydroxyl groups is 1. The van der Waals surface area contributed by atoms with E-state index < -0.39 is 28.8 Å². The number of anilines is 1. The van der Waals surface area contributed by atoms with Crippen molar-refractivity contribution >= 4 is 15.7 Å². The zero-order chi connectivity index (χ0) is 15.7. The number of nitrogen functional groups attached to an aromatic ring is 1. The molecule has 0 heterocycles. The fourth-order valence-electron chi connectivity index (χ4n) is 1.51. The Morgan fingerprint density at radius 3 is 2.40 bits per heavy atom. The molecule has 0 aliphatic heterocycles. The first-order valence-electron chi connectivity index (χ1n) is 5.56. The number of hydrogen-bond acceptors (Lipinski definition) is 4. The first-order valence-corrected chi connectivity index (χ1v) is 7.04. The Balaban J connectivity index is 3.02. The standard InChI is InChI=1S/C11H15F3N2O3S/c1-6-3-8(15)7(2)9(4-6)20(18,19)16-5-10(17)11(12,13)14/h3-4,10,16-17H,5,15H2,1-2H3. The van der Waals surface area contributed by atoms with E-state index >= 15 is 0 Å². The summed E-state index contributed by atoms with van der Waals surface area (Å²) >= 11 is 0. The SMILES string of the molecule is Cc1cc(N)c(C)c(S(=O)(=O)NCC(O)C(F)(F)F)c1. The van der Waals surface area contributed by atoms with E-state index in [0.29, 0.717) is 5.56 Å². The molecular weight excluding hydrogens is 297 g/mol. The van der Waals surface area contributed by atoms with E-state index in [1.807, 2.05) is 0 Å². The lowest BCUT2D eigenvalue weighted by atomic mass is 10.1. The lowest BCUT2D eigenvalue weighted by Crippen LogP contribution is -2.40. The van der Waals surface area contributed by atoms with Crippen LogP contribution in [0.2, 0.25) is 0 Å². The van der Waals surface area contributed by atoms with E-state index in [4.69, 9.17) is 10.8 Å². The Labute approximate surface area is 114 Å². The highest BCUT2D eigenvalue weighted by Crippen LogP contribution is 2.24. The molecule has 4 N–H and O–H groups in total. The number of alkyl halides is 3. The van der Waals surface area contributed by atoms with Gasteiger partial charge < -0.3 is 10.8 Å². The summed E-state index contributed by atoms with van der Waals surface area (Å²) in [6, 6.07) is 2.85. The highest BCUT2D eigenvalue weighted by atomic mass is 32.2. The normalized spacial score (nSPS) is 14.3. The molecule has 1 aromatic carbocycles. The van der Waals surface area contributed by atoms with Gasteiger partial charge in [0.15, 0.2) is 6.10 Å². The smallest absolute Gasteiger partial charge is 0.398 e. The summed E-state index contributed by atoms with van der Waals surface area (Å²) in [4.78, 5) is -0.204. The molecule has 0 amide bonds. The molecule has 0 saturated heterocycles. The summed E-state index contributed by atoms with van der Waals surface area (Å²) in [5.74, 6) is 0. The third-order valence-corrected chi connectivity index (χ3v) is 4.23. The maximum Gasteiger partial charge on any atom is 0.415 e. The Kier molecular flexibility index (Phi) is 4.67. The molecule has 0 radical (unpaired) electrons. The van der Waals surface area contributed by atoms with Crippen LogP contribution in [0.15, 0.2) is 17.0 Å². The Morgan fingerprint density at radius 1 is 1.35 bits per heavy atom. The minimum absolute atomic E-state index is 0.204. The molecule has 20 heavy (non-hydrogen) atoms. The summed E-state index contributed by atoms with van der Waals surface area (Å²) in [6.07, 6.45) is -7.65. The van der Waals surface area contributed by atoms with Gasteiger partial charge in [0.05, 0.1) is 4.90 Å². The van der Waals surface area contributed by atoms with Crippen LogP contribution in [-0.2, 0) is 10.0 Å². The maximum atomic E-state index is 12.1. The lowest BCUT2D eigenvalue weighted by Gasteiger charge is -2.16. The van der Waals surface area contributed by atoms with Gasteiger partial charge in [-0.2, -0.15) is 13.2 Å². The predicted octanol–water partition coefficient (Wildman–Crippen LogP) is 1.09. The minimum Gasteiger partial charge on any atom is -0.398 e. The number of benzene rings is 1. The summed E-state index contributed by atoms with van der Waals surface area (Å²) in [5, 5.41) is 8.80. The van der Waals surface area contributed by atoms with Gasteiger partial charge in [0.25, 0.3) is 0 Å². The highest BCUT2D eigenvalue weighted by molar-refractivity contribution is 7.89. The number of aliphatic hydroxyl groups excluding tert-OH is 1. The van der Waals surface area contributed by atoms with Gasteiger partial charge in [-0.1, -0.05) is 0 Å². The summed E-state index contributed by atoms with van der Waals surface area (Å²) < 4.78 is 62.0. The van der Waals surface area contributed by atoms with Crippen molar-refractivity contribution in [2.45, 2.75) is 31.0 Å². The second kappa shape index (κ2) is 5.58. The monoisotopic (exact) mass is 312 g/mol. The van der Waals surface area contributed by atoms with Gasteiger partial charge >= 0.3 is 6.18 Å². The van der Waals surface area contributed by atoms with Gasteiger partial charge in [-0.25, -0.2) is 13.1 Å². The molecule has 0 bridgehead atoms. The van der Waals surface area contributed by atoms with E-state index in [-0.39, 0.29) is 16.1 Å². The molecule has 0 fully saturated rings. The number of halogens is 3. The van der Waals surface area contributed by atoms with Crippen LogP contribution in [0.1, 0.15) is 11.1 Å². The fourth-order valence-corrected chi connectivity index (χ4v) is 2.91. The summed E-state index contributed by atoms with van der Waals surface area (Å²) in [6.45, 7) is 1.90. The number of aryl methyl sites for hydroxylation is 1. The molecule has 1 rings (SSSR count).